The van der Waals surface area contributed by atoms with E-state index < -0.39 is 34.6 Å². The largest absolute Gasteiger partial charge is 0.395 e. The van der Waals surface area contributed by atoms with Crippen LogP contribution in [0.25, 0.3) is 0 Å². The molecule has 3 amide bonds. The highest BCUT2D eigenvalue weighted by Crippen LogP contribution is 2.65. The summed E-state index contributed by atoms with van der Waals surface area (Å²) >= 11 is 0. The molecule has 3 saturated heterocycles. The molecule has 220 valence electrons. The molecular weight excluding hydrogens is 494 g/mol. The van der Waals surface area contributed by atoms with Gasteiger partial charge in [0.15, 0.2) is 0 Å². The number of likely N-dealkylation sites (tertiary alicyclic amines) is 1. The highest BCUT2D eigenvalue weighted by Gasteiger charge is 2.80. The first kappa shape index (κ1) is 31.3. The molecule has 0 aromatic heterocycles. The highest BCUT2D eigenvalue weighted by atomic mass is 16.5. The summed E-state index contributed by atoms with van der Waals surface area (Å²) in [6.45, 7) is 25.2. The predicted molar refractivity (Wildman–Crippen MR) is 153 cm³/mol. The Labute approximate surface area is 235 Å². The molecule has 0 aliphatic carbocycles. The van der Waals surface area contributed by atoms with Crippen LogP contribution >= 0.6 is 0 Å². The van der Waals surface area contributed by atoms with Gasteiger partial charge in [0.25, 0.3) is 0 Å². The fraction of sp³-hybridized carbons (Fsp3) is 0.774. The molecule has 3 aliphatic heterocycles. The summed E-state index contributed by atoms with van der Waals surface area (Å²) in [6.07, 6.45) is 5.43. The molecule has 3 heterocycles. The average molecular weight is 546 g/mol. The van der Waals surface area contributed by atoms with Crippen molar-refractivity contribution in [1.29, 1.82) is 0 Å². The summed E-state index contributed by atoms with van der Waals surface area (Å²) in [5.41, 5.74) is -2.59. The topological polar surface area (TPSA) is 90.4 Å². The zero-order valence-corrected chi connectivity index (χ0v) is 25.5. The average Bonchev–Trinajstić information content (AvgIpc) is 3.32. The van der Waals surface area contributed by atoms with E-state index in [0.717, 1.165) is 12.8 Å². The van der Waals surface area contributed by atoms with Crippen LogP contribution in [0.1, 0.15) is 74.7 Å². The number of nitrogens with zero attached hydrogens (tertiary/aromatic N) is 3. The Hall–Kier alpha value is -2.19. The standard InChI is InChI=1S/C31H51N3O5/c1-11-14-32(15-12-2)25(36)22-23-26(37)33(17-18-35)24(31(23)19-21(4)30(22,10)39-31)27(38)34(16-13-3)29(8,9)20-28(5,6)7/h11,13,21-24,35H,1,3,12,14-20H2,2,4-10H3/t21?,22-,23+,24?,30+,31?/m1/s1. The molecule has 1 N–H and O–H groups in total. The third-order valence-electron chi connectivity index (χ3n) is 9.08. The van der Waals surface area contributed by atoms with E-state index in [1.807, 2.05) is 32.6 Å². The third-order valence-corrected chi connectivity index (χ3v) is 9.08. The lowest BCUT2D eigenvalue weighted by Crippen LogP contribution is -2.61. The maximum absolute atomic E-state index is 14.7. The van der Waals surface area contributed by atoms with Crippen molar-refractivity contribution in [3.05, 3.63) is 25.3 Å². The Kier molecular flexibility index (Phi) is 8.84. The van der Waals surface area contributed by atoms with Crippen molar-refractivity contribution in [3.63, 3.8) is 0 Å². The van der Waals surface area contributed by atoms with Crippen LogP contribution in [0.2, 0.25) is 0 Å². The number of carbonyl (C=O) groups is 3. The summed E-state index contributed by atoms with van der Waals surface area (Å²) in [4.78, 5) is 48.0. The van der Waals surface area contributed by atoms with Gasteiger partial charge in [-0.3, -0.25) is 14.4 Å². The second kappa shape index (κ2) is 11.0. The SMILES string of the molecule is C=CCN(CCC)C(=O)[C@H]1[C@H]2C(=O)N(CCO)C(C(=O)N(CC=C)C(C)(C)CC(C)(C)C)C23CC(C)[C@]1(C)O3. The van der Waals surface area contributed by atoms with Gasteiger partial charge in [-0.05, 0) is 51.4 Å². The number of carbonyl (C=O) groups excluding carboxylic acids is 3. The lowest BCUT2D eigenvalue weighted by molar-refractivity contribution is -0.158. The van der Waals surface area contributed by atoms with E-state index in [2.05, 4.69) is 40.9 Å². The Morgan fingerprint density at radius 2 is 1.77 bits per heavy atom. The Morgan fingerprint density at radius 1 is 1.15 bits per heavy atom. The van der Waals surface area contributed by atoms with Gasteiger partial charge in [0.1, 0.15) is 11.6 Å². The van der Waals surface area contributed by atoms with Crippen LogP contribution in [-0.2, 0) is 19.1 Å². The number of hydrogen-bond donors (Lipinski definition) is 1. The van der Waals surface area contributed by atoms with Gasteiger partial charge in [-0.2, -0.15) is 0 Å². The number of amides is 3. The highest BCUT2D eigenvalue weighted by molar-refractivity contribution is 5.99. The molecule has 0 aromatic rings. The number of hydrogen-bond acceptors (Lipinski definition) is 5. The van der Waals surface area contributed by atoms with E-state index in [9.17, 15) is 19.5 Å². The van der Waals surface area contributed by atoms with Crippen LogP contribution < -0.4 is 0 Å². The van der Waals surface area contributed by atoms with Crippen LogP contribution in [0.3, 0.4) is 0 Å². The monoisotopic (exact) mass is 545 g/mol. The van der Waals surface area contributed by atoms with Crippen molar-refractivity contribution in [1.82, 2.24) is 14.7 Å². The van der Waals surface area contributed by atoms with E-state index in [1.165, 1.54) is 4.90 Å². The van der Waals surface area contributed by atoms with Gasteiger partial charge in [-0.15, -0.1) is 13.2 Å². The molecule has 1 spiro atoms. The molecule has 3 unspecified atom stereocenters. The van der Waals surface area contributed by atoms with Crippen molar-refractivity contribution in [2.24, 2.45) is 23.2 Å². The van der Waals surface area contributed by atoms with Crippen LogP contribution in [0, 0.1) is 23.2 Å². The number of β-amino-alcohol motifs (C(OH)–C–C–N with tert-alkyl or cyclic N) is 1. The van der Waals surface area contributed by atoms with Gasteiger partial charge in [0, 0.05) is 31.7 Å². The van der Waals surface area contributed by atoms with E-state index >= 15 is 0 Å². The van der Waals surface area contributed by atoms with Crippen LogP contribution in [-0.4, -0.2) is 93.1 Å². The Morgan fingerprint density at radius 3 is 2.28 bits per heavy atom. The maximum atomic E-state index is 14.7. The van der Waals surface area contributed by atoms with Crippen LogP contribution in [0.5, 0.6) is 0 Å². The quantitative estimate of drug-likeness (QED) is 0.378. The minimum Gasteiger partial charge on any atom is -0.395 e. The molecule has 8 nitrogen and oxygen atoms in total. The molecule has 8 heteroatoms. The number of fused-ring (bicyclic) bond motifs is 1. The second-order valence-corrected chi connectivity index (χ2v) is 13.8. The van der Waals surface area contributed by atoms with Crippen LogP contribution in [0.15, 0.2) is 25.3 Å². The zero-order valence-electron chi connectivity index (χ0n) is 25.5. The first-order valence-electron chi connectivity index (χ1n) is 14.5. The van der Waals surface area contributed by atoms with Crippen molar-refractivity contribution in [2.45, 2.75) is 97.4 Å². The lowest BCUT2D eigenvalue weighted by atomic mass is 9.62. The van der Waals surface area contributed by atoms with Gasteiger partial charge in [-0.1, -0.05) is 46.8 Å². The molecule has 3 fully saturated rings. The molecule has 0 aromatic carbocycles. The van der Waals surface area contributed by atoms with Gasteiger partial charge in [0.2, 0.25) is 17.7 Å². The normalized spacial score (nSPS) is 31.8. The number of rotatable bonds is 12. The van der Waals surface area contributed by atoms with Crippen molar-refractivity contribution < 1.29 is 24.2 Å². The number of aliphatic hydroxyl groups is 1. The zero-order chi connectivity index (χ0) is 29.6. The fourth-order valence-electron chi connectivity index (χ4n) is 7.96. The smallest absolute Gasteiger partial charge is 0.249 e. The minimum absolute atomic E-state index is 0.00974. The number of ether oxygens (including phenoxy) is 1. The molecule has 3 rings (SSSR count). The molecule has 6 atom stereocenters. The molecule has 0 radical (unpaired) electrons. The van der Waals surface area contributed by atoms with E-state index in [1.54, 1.807) is 17.1 Å². The Bertz CT molecular complexity index is 987. The first-order valence-corrected chi connectivity index (χ1v) is 14.5. The third kappa shape index (κ3) is 5.19. The lowest BCUT2D eigenvalue weighted by Gasteiger charge is -2.45. The van der Waals surface area contributed by atoms with Crippen molar-refractivity contribution in [2.75, 3.05) is 32.8 Å². The molecule has 3 aliphatic rings. The van der Waals surface area contributed by atoms with E-state index in [0.29, 0.717) is 26.1 Å². The van der Waals surface area contributed by atoms with Gasteiger partial charge < -0.3 is 24.5 Å². The molecule has 2 bridgehead atoms. The van der Waals surface area contributed by atoms with Crippen molar-refractivity contribution >= 4 is 17.7 Å². The Balaban J connectivity index is 2.14. The molecule has 39 heavy (non-hydrogen) atoms. The second-order valence-electron chi connectivity index (χ2n) is 13.8. The molecular formula is C31H51N3O5. The first-order chi connectivity index (χ1) is 18.1. The van der Waals surface area contributed by atoms with Crippen molar-refractivity contribution in [3.8, 4) is 0 Å². The summed E-state index contributed by atoms with van der Waals surface area (Å²) in [5.74, 6) is -2.16. The predicted octanol–water partition coefficient (Wildman–Crippen LogP) is 3.64. The summed E-state index contributed by atoms with van der Waals surface area (Å²) in [7, 11) is 0. The van der Waals surface area contributed by atoms with E-state index in [-0.39, 0.29) is 42.2 Å². The maximum Gasteiger partial charge on any atom is 0.249 e. The summed E-state index contributed by atoms with van der Waals surface area (Å²) in [5, 5.41) is 9.97. The fourth-order valence-corrected chi connectivity index (χ4v) is 7.96. The number of aliphatic hydroxyl groups excluding tert-OH is 1. The van der Waals surface area contributed by atoms with Crippen LogP contribution in [0.4, 0.5) is 0 Å². The molecule has 0 saturated carbocycles. The summed E-state index contributed by atoms with van der Waals surface area (Å²) < 4.78 is 6.86. The van der Waals surface area contributed by atoms with Gasteiger partial charge in [0.05, 0.1) is 24.0 Å². The van der Waals surface area contributed by atoms with E-state index in [4.69, 9.17) is 4.74 Å². The minimum atomic E-state index is -1.14. The van der Waals surface area contributed by atoms with Gasteiger partial charge >= 0.3 is 0 Å². The summed E-state index contributed by atoms with van der Waals surface area (Å²) in [6, 6.07) is -0.928. The van der Waals surface area contributed by atoms with Gasteiger partial charge in [-0.25, -0.2) is 0 Å².